The van der Waals surface area contributed by atoms with E-state index in [0.29, 0.717) is 11.7 Å². The number of carbonyl (C=O) groups is 2. The second-order valence-electron chi connectivity index (χ2n) is 6.05. The Morgan fingerprint density at radius 1 is 1.36 bits per heavy atom. The second-order valence-corrected chi connectivity index (χ2v) is 6.05. The smallest absolute Gasteiger partial charge is 0.321 e. The molecule has 2 aliphatic rings. The maximum absolute atomic E-state index is 12.6. The van der Waals surface area contributed by atoms with Crippen LogP contribution < -0.4 is 5.32 Å². The van der Waals surface area contributed by atoms with Gasteiger partial charge >= 0.3 is 5.97 Å². The number of ether oxygens (including phenoxy) is 1. The van der Waals surface area contributed by atoms with Gasteiger partial charge < -0.3 is 19.0 Å². The van der Waals surface area contributed by atoms with E-state index in [4.69, 9.17) is 9.15 Å². The molecule has 3 heterocycles. The van der Waals surface area contributed by atoms with Crippen molar-refractivity contribution < 1.29 is 18.7 Å². The highest BCUT2D eigenvalue weighted by molar-refractivity contribution is 6.08. The first-order valence-electron chi connectivity index (χ1n) is 8.70. The van der Waals surface area contributed by atoms with Gasteiger partial charge in [-0.15, -0.1) is 0 Å². The number of carbonyl (C=O) groups excluding carboxylic acids is 2. The summed E-state index contributed by atoms with van der Waals surface area (Å²) in [7, 11) is 0. The summed E-state index contributed by atoms with van der Waals surface area (Å²) >= 11 is 0. The highest BCUT2D eigenvalue weighted by Crippen LogP contribution is 2.31. The fourth-order valence-corrected chi connectivity index (χ4v) is 3.16. The third-order valence-corrected chi connectivity index (χ3v) is 4.59. The zero-order valence-corrected chi connectivity index (χ0v) is 14.6. The minimum absolute atomic E-state index is 0.211. The summed E-state index contributed by atoms with van der Waals surface area (Å²) in [5, 5.41) is 2.78. The summed E-state index contributed by atoms with van der Waals surface area (Å²) in [6.45, 7) is 8.45. The summed E-state index contributed by atoms with van der Waals surface area (Å²) in [5.41, 5.74) is 0. The molecular formula is C17H24N4O4. The van der Waals surface area contributed by atoms with E-state index in [0.717, 1.165) is 32.7 Å². The van der Waals surface area contributed by atoms with Gasteiger partial charge in [0.1, 0.15) is 11.8 Å². The Morgan fingerprint density at radius 2 is 2.12 bits per heavy atom. The first-order valence-corrected chi connectivity index (χ1v) is 8.70. The molecule has 0 radical (unpaired) electrons. The second kappa shape index (κ2) is 7.69. The van der Waals surface area contributed by atoms with Crippen LogP contribution in [0.15, 0.2) is 27.8 Å². The third-order valence-electron chi connectivity index (χ3n) is 4.59. The van der Waals surface area contributed by atoms with E-state index in [9.17, 15) is 9.59 Å². The number of hydrogen-bond donors (Lipinski definition) is 1. The molecular weight excluding hydrogens is 324 g/mol. The van der Waals surface area contributed by atoms with Crippen LogP contribution in [0.1, 0.15) is 25.6 Å². The lowest BCUT2D eigenvalue weighted by Crippen LogP contribution is -2.57. The van der Waals surface area contributed by atoms with Gasteiger partial charge in [0.05, 0.1) is 12.9 Å². The van der Waals surface area contributed by atoms with Gasteiger partial charge in [0.15, 0.2) is 5.92 Å². The van der Waals surface area contributed by atoms with Gasteiger partial charge in [0.2, 0.25) is 11.9 Å². The van der Waals surface area contributed by atoms with Gasteiger partial charge in [0.25, 0.3) is 0 Å². The van der Waals surface area contributed by atoms with Crippen molar-refractivity contribution in [2.45, 2.75) is 19.9 Å². The fourth-order valence-electron chi connectivity index (χ4n) is 3.16. The van der Waals surface area contributed by atoms with Crippen molar-refractivity contribution in [3.8, 4) is 0 Å². The summed E-state index contributed by atoms with van der Waals surface area (Å²) in [5.74, 6) is -1.03. The Balaban J connectivity index is 1.85. The lowest BCUT2D eigenvalue weighted by molar-refractivity contribution is -0.153. The predicted molar refractivity (Wildman–Crippen MR) is 90.8 cm³/mol. The van der Waals surface area contributed by atoms with E-state index in [1.54, 1.807) is 19.1 Å². The lowest BCUT2D eigenvalue weighted by Gasteiger charge is -2.38. The molecule has 1 aromatic heterocycles. The largest absolute Gasteiger partial charge is 0.467 e. The normalized spacial score (nSPS) is 24.6. The number of furan rings is 1. The molecule has 0 aliphatic carbocycles. The first-order chi connectivity index (χ1) is 12.1. The van der Waals surface area contributed by atoms with Gasteiger partial charge in [-0.1, -0.05) is 6.92 Å². The molecule has 1 N–H and O–H groups in total. The number of amides is 1. The molecule has 1 aromatic rings. The quantitative estimate of drug-likeness (QED) is 0.634. The summed E-state index contributed by atoms with van der Waals surface area (Å²) in [6, 6.07) is 2.74. The van der Waals surface area contributed by atoms with Gasteiger partial charge in [-0.05, 0) is 25.6 Å². The van der Waals surface area contributed by atoms with Crippen molar-refractivity contribution in [3.63, 3.8) is 0 Å². The number of nitrogens with one attached hydrogen (secondary N) is 1. The number of guanidine groups is 1. The van der Waals surface area contributed by atoms with Crippen LogP contribution in [0.2, 0.25) is 0 Å². The molecule has 0 spiro atoms. The summed E-state index contributed by atoms with van der Waals surface area (Å²) in [6.07, 6.45) is 1.51. The van der Waals surface area contributed by atoms with Crippen molar-refractivity contribution in [1.82, 2.24) is 15.1 Å². The Kier molecular flexibility index (Phi) is 5.37. The molecule has 8 heteroatoms. The number of rotatable bonds is 4. The van der Waals surface area contributed by atoms with Crippen molar-refractivity contribution >= 4 is 17.8 Å². The van der Waals surface area contributed by atoms with Gasteiger partial charge in [0, 0.05) is 26.2 Å². The van der Waals surface area contributed by atoms with Crippen LogP contribution in [0.3, 0.4) is 0 Å². The Morgan fingerprint density at radius 3 is 2.72 bits per heavy atom. The average molecular weight is 348 g/mol. The zero-order valence-electron chi connectivity index (χ0n) is 14.6. The predicted octanol–water partition coefficient (Wildman–Crippen LogP) is 0.623. The van der Waals surface area contributed by atoms with E-state index >= 15 is 0 Å². The number of nitrogens with zero attached hydrogens (tertiary/aromatic N) is 3. The minimum atomic E-state index is -1.04. The topological polar surface area (TPSA) is 87.4 Å². The molecule has 1 saturated heterocycles. The monoisotopic (exact) mass is 348 g/mol. The minimum Gasteiger partial charge on any atom is -0.467 e. The molecule has 25 heavy (non-hydrogen) atoms. The highest BCUT2D eigenvalue weighted by atomic mass is 16.5. The van der Waals surface area contributed by atoms with Gasteiger partial charge in [-0.3, -0.25) is 14.9 Å². The fraction of sp³-hybridized carbons (Fsp3) is 0.588. The van der Waals surface area contributed by atoms with Crippen LogP contribution in [0.4, 0.5) is 0 Å². The highest BCUT2D eigenvalue weighted by Gasteiger charge is 2.43. The number of esters is 1. The van der Waals surface area contributed by atoms with Crippen LogP contribution >= 0.6 is 0 Å². The van der Waals surface area contributed by atoms with E-state index in [1.165, 1.54) is 6.26 Å². The van der Waals surface area contributed by atoms with Crippen LogP contribution in [0, 0.1) is 5.92 Å². The number of hydrogen-bond acceptors (Lipinski definition) is 7. The number of likely N-dealkylation sites (N-methyl/N-ethyl adjacent to an activating group) is 1. The lowest BCUT2D eigenvalue weighted by atomic mass is 9.95. The molecule has 1 fully saturated rings. The maximum atomic E-state index is 12.6. The molecule has 0 unspecified atom stereocenters. The molecule has 0 bridgehead atoms. The molecule has 8 nitrogen and oxygen atoms in total. The van der Waals surface area contributed by atoms with Gasteiger partial charge in [-0.25, -0.2) is 4.99 Å². The van der Waals surface area contributed by atoms with Crippen molar-refractivity contribution in [1.29, 1.82) is 0 Å². The molecule has 2 atom stereocenters. The standard InChI is InChI=1S/C17H24N4O4/c1-3-20-7-9-21(10-8-20)17-18-14(12-6-5-11-25-12)13(15(22)19-17)16(23)24-4-2/h5-6,11,13-14H,3-4,7-10H2,1-2H3,(H,18,19,22)/t13-,14+/m0/s1. The first kappa shape index (κ1) is 17.5. The van der Waals surface area contributed by atoms with Crippen molar-refractivity contribution in [2.75, 3.05) is 39.3 Å². The van der Waals surface area contributed by atoms with E-state index in [1.807, 2.05) is 4.90 Å². The van der Waals surface area contributed by atoms with Gasteiger partial charge in [-0.2, -0.15) is 0 Å². The average Bonchev–Trinajstić information content (AvgIpc) is 3.16. The maximum Gasteiger partial charge on any atom is 0.321 e. The Bertz CT molecular complexity index is 635. The van der Waals surface area contributed by atoms with E-state index in [2.05, 4.69) is 22.1 Å². The summed E-state index contributed by atoms with van der Waals surface area (Å²) in [4.78, 5) is 33.9. The molecule has 0 aromatic carbocycles. The molecule has 3 rings (SSSR count). The SMILES string of the molecule is CCOC(=O)[C@@H]1C(=O)NC(N2CCN(CC)CC2)=N[C@@H]1c1ccco1. The van der Waals surface area contributed by atoms with Crippen molar-refractivity contribution in [2.24, 2.45) is 10.9 Å². The molecule has 1 amide bonds. The molecule has 0 saturated carbocycles. The molecule has 2 aliphatic heterocycles. The van der Waals surface area contributed by atoms with Crippen molar-refractivity contribution in [3.05, 3.63) is 24.2 Å². The van der Waals surface area contributed by atoms with Crippen LogP contribution in [-0.4, -0.2) is 67.0 Å². The van der Waals surface area contributed by atoms with Crippen LogP contribution in [0.25, 0.3) is 0 Å². The van der Waals surface area contributed by atoms with Crippen LogP contribution in [0.5, 0.6) is 0 Å². The zero-order chi connectivity index (χ0) is 17.8. The van der Waals surface area contributed by atoms with E-state index in [-0.39, 0.29) is 6.61 Å². The summed E-state index contributed by atoms with van der Waals surface area (Å²) < 4.78 is 10.5. The van der Waals surface area contributed by atoms with Crippen LogP contribution in [-0.2, 0) is 14.3 Å². The van der Waals surface area contributed by atoms with E-state index < -0.39 is 23.8 Å². The number of aliphatic imine (C=N–C) groups is 1. The Hall–Kier alpha value is -2.35. The number of piperazine rings is 1. The third kappa shape index (κ3) is 3.68. The Labute approximate surface area is 146 Å². The molecule has 136 valence electrons.